The minimum absolute atomic E-state index is 0.00229. The van der Waals surface area contributed by atoms with Gasteiger partial charge in [0.05, 0.1) is 23.3 Å². The van der Waals surface area contributed by atoms with Crippen molar-refractivity contribution in [2.24, 2.45) is 10.7 Å². The molecule has 0 radical (unpaired) electrons. The lowest BCUT2D eigenvalue weighted by Crippen LogP contribution is -2.54. The molecule has 1 saturated heterocycles. The molecule has 188 valence electrons. The van der Waals surface area contributed by atoms with Crippen molar-refractivity contribution in [3.05, 3.63) is 54.0 Å². The van der Waals surface area contributed by atoms with E-state index in [-0.39, 0.29) is 12.1 Å². The Morgan fingerprint density at radius 1 is 1.19 bits per heavy atom. The summed E-state index contributed by atoms with van der Waals surface area (Å²) in [6, 6.07) is 7.63. The molecule has 36 heavy (non-hydrogen) atoms. The number of carbonyl (C=O) groups is 1. The van der Waals surface area contributed by atoms with E-state index in [0.717, 1.165) is 22.2 Å². The number of aromatic nitrogens is 4. The molecule has 1 fully saturated rings. The van der Waals surface area contributed by atoms with Crippen LogP contribution < -0.4 is 11.1 Å². The van der Waals surface area contributed by atoms with E-state index in [9.17, 15) is 4.79 Å². The summed E-state index contributed by atoms with van der Waals surface area (Å²) >= 11 is 0. The van der Waals surface area contributed by atoms with E-state index in [4.69, 9.17) is 15.5 Å². The quantitative estimate of drug-likeness (QED) is 0.492. The molecule has 10 nitrogen and oxygen atoms in total. The van der Waals surface area contributed by atoms with Crippen LogP contribution in [0.1, 0.15) is 51.7 Å². The number of nitrogens with two attached hydrogens (primary N) is 1. The zero-order valence-corrected chi connectivity index (χ0v) is 21.3. The van der Waals surface area contributed by atoms with Gasteiger partial charge in [-0.25, -0.2) is 9.78 Å². The van der Waals surface area contributed by atoms with Crippen LogP contribution in [0.4, 0.5) is 16.4 Å². The molecular weight excluding hydrogens is 456 g/mol. The fourth-order valence-corrected chi connectivity index (χ4v) is 3.55. The SMILES string of the molecule is CC(C)c1cnnc(Nc2ccc3ncc(C(C=NC4CN(C(=O)OC(C)(C)C)C4)=CN)cc3n2)c1. The van der Waals surface area contributed by atoms with E-state index in [1.807, 2.05) is 45.0 Å². The number of likely N-dealkylation sites (tertiary alicyclic amines) is 1. The number of aliphatic imine (C=N–C) groups is 1. The summed E-state index contributed by atoms with van der Waals surface area (Å²) in [4.78, 5) is 27.5. The number of hydrogen-bond donors (Lipinski definition) is 2. The number of nitrogens with one attached hydrogen (secondary N) is 1. The minimum Gasteiger partial charge on any atom is -0.444 e. The Hall–Kier alpha value is -4.08. The van der Waals surface area contributed by atoms with Crippen molar-refractivity contribution < 1.29 is 9.53 Å². The molecular formula is C26H32N8O2. The van der Waals surface area contributed by atoms with E-state index in [1.54, 1.807) is 23.5 Å². The van der Waals surface area contributed by atoms with Gasteiger partial charge in [0.2, 0.25) is 0 Å². The molecule has 0 atom stereocenters. The standard InChI is InChI=1S/C26H32N8O2/c1-16(2)17-9-24(33-30-13-17)32-23-7-6-21-22(31-23)8-18(11-29-21)19(10-27)12-28-20-14-34(15-20)25(35)36-26(3,4)5/h6-13,16,20H,14-15,27H2,1-5H3,(H,31,32,33). The average molecular weight is 489 g/mol. The summed E-state index contributed by atoms with van der Waals surface area (Å²) in [6.45, 7) is 10.8. The van der Waals surface area contributed by atoms with Gasteiger partial charge in [-0.2, -0.15) is 5.10 Å². The maximum atomic E-state index is 12.1. The maximum absolute atomic E-state index is 12.1. The van der Waals surface area contributed by atoms with Crippen molar-refractivity contribution in [2.45, 2.75) is 52.2 Å². The molecule has 0 saturated carbocycles. The first kappa shape index (κ1) is 25.0. The normalized spacial score (nSPS) is 14.9. The number of nitrogens with zero attached hydrogens (tertiary/aromatic N) is 6. The van der Waals surface area contributed by atoms with Crippen molar-refractivity contribution >= 4 is 40.6 Å². The second-order valence-corrected chi connectivity index (χ2v) is 10.1. The lowest BCUT2D eigenvalue weighted by atomic mass is 10.1. The van der Waals surface area contributed by atoms with E-state index in [1.165, 1.54) is 6.20 Å². The predicted molar refractivity (Wildman–Crippen MR) is 141 cm³/mol. The topological polar surface area (TPSA) is 132 Å². The third kappa shape index (κ3) is 6.12. The predicted octanol–water partition coefficient (Wildman–Crippen LogP) is 4.28. The number of allylic oxidation sites excluding steroid dienone is 1. The number of ether oxygens (including phenoxy) is 1. The average Bonchev–Trinajstić information content (AvgIpc) is 2.79. The maximum Gasteiger partial charge on any atom is 0.410 e. The number of pyridine rings is 2. The molecule has 1 amide bonds. The van der Waals surface area contributed by atoms with Gasteiger partial charge in [-0.1, -0.05) is 13.8 Å². The Labute approximate surface area is 210 Å². The molecule has 3 N–H and O–H groups in total. The van der Waals surface area contributed by atoms with Gasteiger partial charge < -0.3 is 20.7 Å². The van der Waals surface area contributed by atoms with Crippen molar-refractivity contribution in [2.75, 3.05) is 18.4 Å². The number of amides is 1. The van der Waals surface area contributed by atoms with Gasteiger partial charge in [-0.15, -0.1) is 5.10 Å². The highest BCUT2D eigenvalue weighted by atomic mass is 16.6. The van der Waals surface area contributed by atoms with Crippen molar-refractivity contribution in [1.29, 1.82) is 0 Å². The van der Waals surface area contributed by atoms with Gasteiger partial charge in [-0.3, -0.25) is 9.98 Å². The third-order valence-corrected chi connectivity index (χ3v) is 5.59. The van der Waals surface area contributed by atoms with Crippen LogP contribution in [-0.2, 0) is 4.74 Å². The smallest absolute Gasteiger partial charge is 0.410 e. The van der Waals surface area contributed by atoms with Gasteiger partial charge in [0.15, 0.2) is 5.82 Å². The number of fused-ring (bicyclic) bond motifs is 1. The Balaban J connectivity index is 1.44. The van der Waals surface area contributed by atoms with Crippen molar-refractivity contribution in [3.8, 4) is 0 Å². The van der Waals surface area contributed by atoms with Gasteiger partial charge in [0, 0.05) is 42.8 Å². The number of rotatable bonds is 6. The van der Waals surface area contributed by atoms with Crippen LogP contribution in [0.25, 0.3) is 16.6 Å². The van der Waals surface area contributed by atoms with E-state index in [2.05, 4.69) is 39.3 Å². The summed E-state index contributed by atoms with van der Waals surface area (Å²) in [5.41, 5.74) is 9.45. The Morgan fingerprint density at radius 2 is 1.97 bits per heavy atom. The lowest BCUT2D eigenvalue weighted by molar-refractivity contribution is 0.00911. The lowest BCUT2D eigenvalue weighted by Gasteiger charge is -2.37. The first-order valence-electron chi connectivity index (χ1n) is 11.9. The highest BCUT2D eigenvalue weighted by Gasteiger charge is 2.33. The van der Waals surface area contributed by atoms with Gasteiger partial charge in [0.1, 0.15) is 11.4 Å². The van der Waals surface area contributed by atoms with Crippen LogP contribution in [0.15, 0.2) is 47.9 Å². The molecule has 0 unspecified atom stereocenters. The van der Waals surface area contributed by atoms with Crippen LogP contribution >= 0.6 is 0 Å². The molecule has 0 aliphatic carbocycles. The van der Waals surface area contributed by atoms with Crippen molar-refractivity contribution in [1.82, 2.24) is 25.1 Å². The molecule has 4 rings (SSSR count). The highest BCUT2D eigenvalue weighted by molar-refractivity contribution is 6.10. The molecule has 3 aromatic rings. The molecule has 4 heterocycles. The summed E-state index contributed by atoms with van der Waals surface area (Å²) in [5.74, 6) is 1.62. The van der Waals surface area contributed by atoms with Gasteiger partial charge >= 0.3 is 6.09 Å². The third-order valence-electron chi connectivity index (χ3n) is 5.59. The monoisotopic (exact) mass is 488 g/mol. The summed E-state index contributed by atoms with van der Waals surface area (Å²) in [5, 5.41) is 11.4. The largest absolute Gasteiger partial charge is 0.444 e. The van der Waals surface area contributed by atoms with Gasteiger partial charge in [0.25, 0.3) is 0 Å². The summed E-state index contributed by atoms with van der Waals surface area (Å²) in [7, 11) is 0. The van der Waals surface area contributed by atoms with Crippen LogP contribution in [0.5, 0.6) is 0 Å². The number of carbonyl (C=O) groups excluding carboxylic acids is 1. The molecule has 1 aliphatic heterocycles. The Bertz CT molecular complexity index is 1310. The van der Waals surface area contributed by atoms with E-state index in [0.29, 0.717) is 36.2 Å². The molecule has 10 heteroatoms. The second-order valence-electron chi connectivity index (χ2n) is 10.1. The first-order chi connectivity index (χ1) is 17.1. The highest BCUT2D eigenvalue weighted by Crippen LogP contribution is 2.22. The number of hydrogen-bond acceptors (Lipinski definition) is 9. The van der Waals surface area contributed by atoms with E-state index < -0.39 is 5.60 Å². The minimum atomic E-state index is -0.515. The number of anilines is 2. The molecule has 0 bridgehead atoms. The van der Waals surface area contributed by atoms with Crippen LogP contribution in [0, 0.1) is 0 Å². The van der Waals surface area contributed by atoms with Crippen molar-refractivity contribution in [3.63, 3.8) is 0 Å². The van der Waals surface area contributed by atoms with Crippen LogP contribution in [0.2, 0.25) is 0 Å². The molecule has 0 aromatic carbocycles. The zero-order chi connectivity index (χ0) is 25.9. The summed E-state index contributed by atoms with van der Waals surface area (Å²) < 4.78 is 5.39. The molecule has 3 aromatic heterocycles. The fraction of sp³-hybridized carbons (Fsp3) is 0.385. The molecule has 0 spiro atoms. The van der Waals surface area contributed by atoms with Gasteiger partial charge in [-0.05, 0) is 56.5 Å². The van der Waals surface area contributed by atoms with Crippen LogP contribution in [-0.4, -0.2) is 62.1 Å². The Kier molecular flexibility index (Phi) is 7.14. The zero-order valence-electron chi connectivity index (χ0n) is 21.3. The second kappa shape index (κ2) is 10.3. The fourth-order valence-electron chi connectivity index (χ4n) is 3.55. The summed E-state index contributed by atoms with van der Waals surface area (Å²) in [6.07, 6.45) is 6.40. The Morgan fingerprint density at radius 3 is 2.67 bits per heavy atom. The molecule has 1 aliphatic rings. The van der Waals surface area contributed by atoms with Crippen LogP contribution in [0.3, 0.4) is 0 Å². The first-order valence-corrected chi connectivity index (χ1v) is 11.9. The van der Waals surface area contributed by atoms with E-state index >= 15 is 0 Å².